The number of nitrogens with one attached hydrogen (secondary N) is 2. The van der Waals surface area contributed by atoms with Gasteiger partial charge in [0.2, 0.25) is 5.91 Å². The molecule has 0 radical (unpaired) electrons. The average Bonchev–Trinajstić information content (AvgIpc) is 2.76. The first-order valence-corrected chi connectivity index (χ1v) is 11.7. The second kappa shape index (κ2) is 13.2. The number of carbonyl (C=O) groups is 1. The van der Waals surface area contributed by atoms with Crippen LogP contribution in [0.1, 0.15) is 57.6 Å². The van der Waals surface area contributed by atoms with Crippen LogP contribution in [-0.2, 0) is 11.3 Å². The van der Waals surface area contributed by atoms with Gasteiger partial charge in [-0.3, -0.25) is 4.79 Å². The maximum absolute atomic E-state index is 11.4. The Hall–Kier alpha value is -2.28. The number of hydrogen-bond donors (Lipinski definition) is 3. The topological polar surface area (TPSA) is 92.0 Å². The maximum Gasteiger partial charge on any atom is 0.221 e. The Morgan fingerprint density at radius 2 is 2.16 bits per heavy atom. The lowest BCUT2D eigenvalue weighted by molar-refractivity contribution is -0.123. The fourth-order valence-corrected chi connectivity index (χ4v) is 3.71. The van der Waals surface area contributed by atoms with Crippen LogP contribution in [0.2, 0.25) is 0 Å². The predicted molar refractivity (Wildman–Crippen MR) is 127 cm³/mol. The van der Waals surface area contributed by atoms with Crippen LogP contribution in [0, 0.1) is 12.8 Å². The first kappa shape index (κ1) is 25.0. The van der Waals surface area contributed by atoms with Crippen LogP contribution < -0.4 is 21.1 Å². The molecule has 0 spiro atoms. The van der Waals surface area contributed by atoms with Gasteiger partial charge in [0.1, 0.15) is 5.75 Å². The Balaban J connectivity index is 1.87. The van der Waals surface area contributed by atoms with Gasteiger partial charge >= 0.3 is 0 Å². The number of piperidine rings is 1. The molecular weight excluding hydrogens is 390 g/mol. The molecule has 0 saturated carbocycles. The van der Waals surface area contributed by atoms with E-state index in [1.165, 1.54) is 5.56 Å². The van der Waals surface area contributed by atoms with E-state index in [0.29, 0.717) is 6.54 Å². The molecule has 2 unspecified atom stereocenters. The summed E-state index contributed by atoms with van der Waals surface area (Å²) in [6.45, 7) is 13.4. The summed E-state index contributed by atoms with van der Waals surface area (Å²) < 4.78 is 6.11. The molecule has 1 aromatic rings. The molecule has 1 saturated heterocycles. The quantitative estimate of drug-likeness (QED) is 0.285. The first-order valence-electron chi connectivity index (χ1n) is 11.7. The SMILES string of the molecule is CCNC(=NCc1ccc(C)cc1OC(C)CC)NCCCN1CCCC(C(N)=O)C1. The van der Waals surface area contributed by atoms with Crippen LogP contribution in [-0.4, -0.2) is 55.6 Å². The fraction of sp³-hybridized carbons (Fsp3) is 0.667. The Kier molecular flexibility index (Phi) is 10.6. The zero-order valence-electron chi connectivity index (χ0n) is 19.7. The van der Waals surface area contributed by atoms with E-state index < -0.39 is 0 Å². The number of nitrogens with zero attached hydrogens (tertiary/aromatic N) is 2. The third-order valence-corrected chi connectivity index (χ3v) is 5.73. The van der Waals surface area contributed by atoms with Gasteiger partial charge < -0.3 is 26.0 Å². The summed E-state index contributed by atoms with van der Waals surface area (Å²) in [4.78, 5) is 18.6. The van der Waals surface area contributed by atoms with Gasteiger partial charge in [-0.25, -0.2) is 4.99 Å². The summed E-state index contributed by atoms with van der Waals surface area (Å²) in [6, 6.07) is 6.30. The Labute approximate surface area is 187 Å². The summed E-state index contributed by atoms with van der Waals surface area (Å²) in [6.07, 6.45) is 4.10. The minimum atomic E-state index is -0.169. The number of amides is 1. The number of hydrogen-bond acceptors (Lipinski definition) is 4. The Morgan fingerprint density at radius 1 is 1.35 bits per heavy atom. The number of benzene rings is 1. The van der Waals surface area contributed by atoms with Crippen molar-refractivity contribution in [3.05, 3.63) is 29.3 Å². The van der Waals surface area contributed by atoms with E-state index in [2.05, 4.69) is 61.4 Å². The predicted octanol–water partition coefficient (Wildman–Crippen LogP) is 2.81. The minimum absolute atomic E-state index is 0.00180. The number of rotatable bonds is 11. The van der Waals surface area contributed by atoms with Crippen LogP contribution in [0.5, 0.6) is 5.75 Å². The highest BCUT2D eigenvalue weighted by Crippen LogP contribution is 2.23. The van der Waals surface area contributed by atoms with Crippen molar-refractivity contribution in [3.63, 3.8) is 0 Å². The largest absolute Gasteiger partial charge is 0.490 e. The lowest BCUT2D eigenvalue weighted by Crippen LogP contribution is -2.43. The summed E-state index contributed by atoms with van der Waals surface area (Å²) in [5.41, 5.74) is 7.76. The van der Waals surface area contributed by atoms with Gasteiger partial charge in [-0.05, 0) is 71.2 Å². The number of likely N-dealkylation sites (tertiary alicyclic amines) is 1. The molecule has 1 amide bonds. The number of guanidine groups is 1. The third kappa shape index (κ3) is 8.77. The molecule has 1 fully saturated rings. The lowest BCUT2D eigenvalue weighted by Gasteiger charge is -2.31. The molecule has 1 heterocycles. The van der Waals surface area contributed by atoms with Gasteiger partial charge in [0.15, 0.2) is 5.96 Å². The molecular formula is C24H41N5O2. The van der Waals surface area contributed by atoms with Crippen molar-refractivity contribution in [1.29, 1.82) is 0 Å². The van der Waals surface area contributed by atoms with E-state index in [0.717, 1.165) is 75.7 Å². The smallest absolute Gasteiger partial charge is 0.221 e. The number of nitrogens with two attached hydrogens (primary N) is 1. The monoisotopic (exact) mass is 431 g/mol. The Morgan fingerprint density at radius 3 is 2.87 bits per heavy atom. The lowest BCUT2D eigenvalue weighted by atomic mass is 9.97. The molecule has 2 atom stereocenters. The van der Waals surface area contributed by atoms with Gasteiger partial charge in [-0.2, -0.15) is 0 Å². The van der Waals surface area contributed by atoms with Crippen LogP contribution in [0.4, 0.5) is 0 Å². The highest BCUT2D eigenvalue weighted by atomic mass is 16.5. The van der Waals surface area contributed by atoms with Crippen molar-refractivity contribution in [2.45, 2.75) is 66.0 Å². The second-order valence-electron chi connectivity index (χ2n) is 8.47. The van der Waals surface area contributed by atoms with Crippen molar-refractivity contribution in [2.24, 2.45) is 16.6 Å². The molecule has 1 aromatic carbocycles. The van der Waals surface area contributed by atoms with Crippen LogP contribution in [0.3, 0.4) is 0 Å². The van der Waals surface area contributed by atoms with E-state index in [1.807, 2.05) is 0 Å². The number of aryl methyl sites for hydroxylation is 1. The molecule has 1 aliphatic heterocycles. The van der Waals surface area contributed by atoms with Crippen molar-refractivity contribution in [2.75, 3.05) is 32.7 Å². The number of primary amides is 1. The molecule has 1 aliphatic rings. The second-order valence-corrected chi connectivity index (χ2v) is 8.47. The number of aliphatic imine (C=N–C) groups is 1. The normalized spacial score (nSPS) is 18.5. The molecule has 7 nitrogen and oxygen atoms in total. The van der Waals surface area contributed by atoms with Gasteiger partial charge in [0.25, 0.3) is 0 Å². The van der Waals surface area contributed by atoms with E-state index in [9.17, 15) is 4.79 Å². The van der Waals surface area contributed by atoms with Crippen molar-refractivity contribution in [3.8, 4) is 5.75 Å². The standard InChI is InChI=1S/C24H41N5O2/c1-5-19(4)31-22-15-18(3)10-11-20(22)16-28-24(26-6-2)27-12-8-14-29-13-7-9-21(17-29)23(25)30/h10-11,15,19,21H,5-9,12-14,16-17H2,1-4H3,(H2,25,30)(H2,26,27,28). The minimum Gasteiger partial charge on any atom is -0.490 e. The zero-order valence-corrected chi connectivity index (χ0v) is 19.7. The molecule has 31 heavy (non-hydrogen) atoms. The maximum atomic E-state index is 11.4. The van der Waals surface area contributed by atoms with E-state index in [-0.39, 0.29) is 17.9 Å². The summed E-state index contributed by atoms with van der Waals surface area (Å²) in [5, 5.41) is 6.75. The Bertz CT molecular complexity index is 722. The van der Waals surface area contributed by atoms with Crippen LogP contribution >= 0.6 is 0 Å². The number of carbonyl (C=O) groups excluding carboxylic acids is 1. The molecule has 0 aliphatic carbocycles. The molecule has 0 bridgehead atoms. The average molecular weight is 432 g/mol. The van der Waals surface area contributed by atoms with Crippen LogP contribution in [0.25, 0.3) is 0 Å². The summed E-state index contributed by atoms with van der Waals surface area (Å²) >= 11 is 0. The summed E-state index contributed by atoms with van der Waals surface area (Å²) in [7, 11) is 0. The first-order chi connectivity index (χ1) is 14.9. The molecule has 0 aromatic heterocycles. The highest BCUT2D eigenvalue weighted by molar-refractivity contribution is 5.79. The molecule has 4 N–H and O–H groups in total. The molecule has 174 valence electrons. The van der Waals surface area contributed by atoms with Crippen molar-refractivity contribution >= 4 is 11.9 Å². The van der Waals surface area contributed by atoms with E-state index in [1.54, 1.807) is 0 Å². The zero-order chi connectivity index (χ0) is 22.6. The van der Waals surface area contributed by atoms with Gasteiger partial charge in [-0.1, -0.05) is 19.1 Å². The van der Waals surface area contributed by atoms with Gasteiger partial charge in [0, 0.05) is 25.2 Å². The van der Waals surface area contributed by atoms with Gasteiger partial charge in [0.05, 0.1) is 18.6 Å². The third-order valence-electron chi connectivity index (χ3n) is 5.73. The van der Waals surface area contributed by atoms with E-state index >= 15 is 0 Å². The van der Waals surface area contributed by atoms with Crippen molar-refractivity contribution in [1.82, 2.24) is 15.5 Å². The molecule has 2 rings (SSSR count). The van der Waals surface area contributed by atoms with Gasteiger partial charge in [-0.15, -0.1) is 0 Å². The van der Waals surface area contributed by atoms with E-state index in [4.69, 9.17) is 15.5 Å². The van der Waals surface area contributed by atoms with Crippen LogP contribution in [0.15, 0.2) is 23.2 Å². The summed E-state index contributed by atoms with van der Waals surface area (Å²) in [5.74, 6) is 1.56. The highest BCUT2D eigenvalue weighted by Gasteiger charge is 2.23. The fourth-order valence-electron chi connectivity index (χ4n) is 3.71. The van der Waals surface area contributed by atoms with Crippen molar-refractivity contribution < 1.29 is 9.53 Å². The number of ether oxygens (including phenoxy) is 1. The molecule has 7 heteroatoms.